The molecule has 0 saturated carbocycles. The van der Waals surface area contributed by atoms with Crippen LogP contribution in [0.3, 0.4) is 0 Å². The first-order valence-electron chi connectivity index (χ1n) is 5.63. The van der Waals surface area contributed by atoms with Crippen molar-refractivity contribution < 1.29 is 9.53 Å². The monoisotopic (exact) mass is 245 g/mol. The highest BCUT2D eigenvalue weighted by atomic mass is 16.5. The number of methoxy groups -OCH3 is 1. The quantitative estimate of drug-likeness (QED) is 0.768. The number of aromatic nitrogens is 2. The molecule has 0 amide bonds. The zero-order chi connectivity index (χ0) is 13.1. The van der Waals surface area contributed by atoms with Crippen LogP contribution < -0.4 is 4.90 Å². The van der Waals surface area contributed by atoms with E-state index in [-0.39, 0.29) is 12.5 Å². The van der Waals surface area contributed by atoms with Crippen LogP contribution in [-0.2, 0) is 9.53 Å². The molecule has 5 nitrogen and oxygen atoms in total. The topological polar surface area (TPSA) is 55.3 Å². The summed E-state index contributed by atoms with van der Waals surface area (Å²) >= 11 is 0. The lowest BCUT2D eigenvalue weighted by molar-refractivity contribution is -0.138. The van der Waals surface area contributed by atoms with E-state index in [0.717, 1.165) is 16.5 Å². The number of carbonyl (C=O) groups excluding carboxylic acids is 1. The molecule has 0 aliphatic heterocycles. The standard InChI is InChI=1S/C13H15N3O2/c1-9-10-6-4-5-7-11(10)13(15-14-9)16(2)8-12(17)18-3/h4-7H,8H2,1-3H3. The van der Waals surface area contributed by atoms with E-state index in [0.29, 0.717) is 5.82 Å². The fraction of sp³-hybridized carbons (Fsp3) is 0.308. The summed E-state index contributed by atoms with van der Waals surface area (Å²) < 4.78 is 4.65. The van der Waals surface area contributed by atoms with Gasteiger partial charge in [0.05, 0.1) is 12.8 Å². The lowest BCUT2D eigenvalue weighted by atomic mass is 10.1. The van der Waals surface area contributed by atoms with Crippen molar-refractivity contribution in [3.8, 4) is 0 Å². The van der Waals surface area contributed by atoms with E-state index in [9.17, 15) is 4.79 Å². The van der Waals surface area contributed by atoms with Crippen molar-refractivity contribution in [2.45, 2.75) is 6.92 Å². The van der Waals surface area contributed by atoms with Crippen LogP contribution in [0.1, 0.15) is 5.69 Å². The van der Waals surface area contributed by atoms with Gasteiger partial charge in [0.25, 0.3) is 0 Å². The number of esters is 1. The molecule has 0 aliphatic rings. The second kappa shape index (κ2) is 5.00. The van der Waals surface area contributed by atoms with Gasteiger partial charge in [-0.25, -0.2) is 0 Å². The average molecular weight is 245 g/mol. The van der Waals surface area contributed by atoms with Crippen molar-refractivity contribution in [2.75, 3.05) is 25.6 Å². The Morgan fingerprint density at radius 2 is 1.94 bits per heavy atom. The lowest BCUT2D eigenvalue weighted by Gasteiger charge is -2.18. The molecule has 0 saturated heterocycles. The van der Waals surface area contributed by atoms with Gasteiger partial charge in [0.15, 0.2) is 5.82 Å². The van der Waals surface area contributed by atoms with Crippen molar-refractivity contribution in [3.63, 3.8) is 0 Å². The Labute approximate surface area is 105 Å². The summed E-state index contributed by atoms with van der Waals surface area (Å²) in [6.45, 7) is 2.07. The van der Waals surface area contributed by atoms with E-state index in [1.807, 2.05) is 31.2 Å². The smallest absolute Gasteiger partial charge is 0.325 e. The molecule has 2 aromatic rings. The fourth-order valence-electron chi connectivity index (χ4n) is 1.84. The SMILES string of the molecule is COC(=O)CN(C)c1nnc(C)c2ccccc12. The molecule has 0 atom stereocenters. The predicted octanol–water partition coefficient (Wildman–Crippen LogP) is 1.55. The molecule has 0 fully saturated rings. The van der Waals surface area contributed by atoms with Crippen LogP contribution in [0.2, 0.25) is 0 Å². The lowest BCUT2D eigenvalue weighted by Crippen LogP contribution is -2.27. The zero-order valence-electron chi connectivity index (χ0n) is 10.7. The van der Waals surface area contributed by atoms with Crippen LogP contribution in [0.5, 0.6) is 0 Å². The number of carbonyl (C=O) groups is 1. The first kappa shape index (κ1) is 12.3. The van der Waals surface area contributed by atoms with Gasteiger partial charge in [-0.1, -0.05) is 24.3 Å². The Balaban J connectivity index is 2.45. The number of benzene rings is 1. The first-order valence-corrected chi connectivity index (χ1v) is 5.63. The van der Waals surface area contributed by atoms with Gasteiger partial charge < -0.3 is 9.64 Å². The molecule has 0 bridgehead atoms. The molecule has 2 rings (SSSR count). The highest BCUT2D eigenvalue weighted by molar-refractivity contribution is 5.94. The number of nitrogens with zero attached hydrogens (tertiary/aromatic N) is 3. The molecule has 0 aliphatic carbocycles. The highest BCUT2D eigenvalue weighted by Crippen LogP contribution is 2.24. The highest BCUT2D eigenvalue weighted by Gasteiger charge is 2.13. The maximum absolute atomic E-state index is 11.3. The third kappa shape index (κ3) is 2.25. The van der Waals surface area contributed by atoms with E-state index in [1.165, 1.54) is 7.11 Å². The molecule has 5 heteroatoms. The van der Waals surface area contributed by atoms with Gasteiger partial charge in [0.2, 0.25) is 0 Å². The van der Waals surface area contributed by atoms with Crippen molar-refractivity contribution in [1.29, 1.82) is 0 Å². The molecular weight excluding hydrogens is 230 g/mol. The Morgan fingerprint density at radius 3 is 2.61 bits per heavy atom. The van der Waals surface area contributed by atoms with Gasteiger partial charge in [0.1, 0.15) is 6.54 Å². The molecule has 94 valence electrons. The molecule has 0 radical (unpaired) electrons. The van der Waals surface area contributed by atoms with Crippen LogP contribution in [-0.4, -0.2) is 36.9 Å². The molecule has 1 heterocycles. The van der Waals surface area contributed by atoms with E-state index in [1.54, 1.807) is 11.9 Å². The fourth-order valence-corrected chi connectivity index (χ4v) is 1.84. The number of anilines is 1. The predicted molar refractivity (Wildman–Crippen MR) is 69.6 cm³/mol. The normalized spacial score (nSPS) is 10.4. The Bertz CT molecular complexity index is 583. The molecular formula is C13H15N3O2. The zero-order valence-corrected chi connectivity index (χ0v) is 10.7. The van der Waals surface area contributed by atoms with Crippen LogP contribution in [0, 0.1) is 6.92 Å². The van der Waals surface area contributed by atoms with Crippen LogP contribution in [0.15, 0.2) is 24.3 Å². The number of ether oxygens (including phenoxy) is 1. The summed E-state index contributed by atoms with van der Waals surface area (Å²) in [7, 11) is 3.16. The van der Waals surface area contributed by atoms with Gasteiger partial charge in [-0.3, -0.25) is 4.79 Å². The largest absolute Gasteiger partial charge is 0.468 e. The average Bonchev–Trinajstić information content (AvgIpc) is 2.39. The van der Waals surface area contributed by atoms with Crippen LogP contribution in [0.4, 0.5) is 5.82 Å². The molecule has 0 spiro atoms. The van der Waals surface area contributed by atoms with Gasteiger partial charge in [-0.15, -0.1) is 5.10 Å². The van der Waals surface area contributed by atoms with E-state index in [4.69, 9.17) is 0 Å². The second-order valence-corrected chi connectivity index (χ2v) is 4.09. The van der Waals surface area contributed by atoms with E-state index >= 15 is 0 Å². The third-order valence-electron chi connectivity index (χ3n) is 2.81. The minimum absolute atomic E-state index is 0.151. The van der Waals surface area contributed by atoms with Gasteiger partial charge >= 0.3 is 5.97 Å². The minimum atomic E-state index is -0.302. The Hall–Kier alpha value is -2.17. The van der Waals surface area contributed by atoms with Crippen LogP contribution >= 0.6 is 0 Å². The van der Waals surface area contributed by atoms with Crippen molar-refractivity contribution in [2.24, 2.45) is 0 Å². The van der Waals surface area contributed by atoms with Gasteiger partial charge in [0, 0.05) is 17.8 Å². The number of aryl methyl sites for hydroxylation is 1. The van der Waals surface area contributed by atoms with Crippen molar-refractivity contribution >= 4 is 22.6 Å². The number of hydrogen-bond donors (Lipinski definition) is 0. The summed E-state index contributed by atoms with van der Waals surface area (Å²) in [6, 6.07) is 7.87. The summed E-state index contributed by atoms with van der Waals surface area (Å²) in [5.41, 5.74) is 0.876. The van der Waals surface area contributed by atoms with Crippen LogP contribution in [0.25, 0.3) is 10.8 Å². The maximum Gasteiger partial charge on any atom is 0.325 e. The number of hydrogen-bond acceptors (Lipinski definition) is 5. The summed E-state index contributed by atoms with van der Waals surface area (Å²) in [5.74, 6) is 0.380. The molecule has 1 aromatic heterocycles. The molecule has 0 unspecified atom stereocenters. The van der Waals surface area contributed by atoms with Crippen molar-refractivity contribution in [3.05, 3.63) is 30.0 Å². The first-order chi connectivity index (χ1) is 8.63. The van der Waals surface area contributed by atoms with E-state index < -0.39 is 0 Å². The van der Waals surface area contributed by atoms with Crippen molar-refractivity contribution in [1.82, 2.24) is 10.2 Å². The number of rotatable bonds is 3. The number of fused-ring (bicyclic) bond motifs is 1. The molecule has 1 aromatic carbocycles. The third-order valence-corrected chi connectivity index (χ3v) is 2.81. The number of likely N-dealkylation sites (N-methyl/N-ethyl adjacent to an activating group) is 1. The van der Waals surface area contributed by atoms with E-state index in [2.05, 4.69) is 14.9 Å². The summed E-state index contributed by atoms with van der Waals surface area (Å²) in [5, 5.41) is 10.3. The summed E-state index contributed by atoms with van der Waals surface area (Å²) in [4.78, 5) is 13.0. The Kier molecular flexibility index (Phi) is 3.41. The summed E-state index contributed by atoms with van der Waals surface area (Å²) in [6.07, 6.45) is 0. The van der Waals surface area contributed by atoms with Gasteiger partial charge in [-0.05, 0) is 6.92 Å². The second-order valence-electron chi connectivity index (χ2n) is 4.09. The van der Waals surface area contributed by atoms with Gasteiger partial charge in [-0.2, -0.15) is 5.10 Å². The molecule has 0 N–H and O–H groups in total. The molecule has 18 heavy (non-hydrogen) atoms. The minimum Gasteiger partial charge on any atom is -0.468 e. The maximum atomic E-state index is 11.3. The Morgan fingerprint density at radius 1 is 1.28 bits per heavy atom.